The van der Waals surface area contributed by atoms with Gasteiger partial charge in [0, 0.05) is 23.4 Å². The minimum atomic E-state index is -0.181. The molecule has 0 saturated carbocycles. The molecule has 8 heteroatoms. The van der Waals surface area contributed by atoms with Gasteiger partial charge >= 0.3 is 0 Å². The van der Waals surface area contributed by atoms with Crippen LogP contribution in [0.2, 0.25) is 0 Å². The van der Waals surface area contributed by atoms with E-state index in [0.717, 1.165) is 23.6 Å². The molecule has 0 spiro atoms. The van der Waals surface area contributed by atoms with Gasteiger partial charge in [0.1, 0.15) is 5.75 Å². The predicted octanol–water partition coefficient (Wildman–Crippen LogP) is 5.13. The Morgan fingerprint density at radius 1 is 0.971 bits per heavy atom. The molecule has 0 unspecified atom stereocenters. The fraction of sp³-hybridized carbons (Fsp3) is 0.185. The van der Waals surface area contributed by atoms with Crippen LogP contribution in [0.3, 0.4) is 0 Å². The van der Waals surface area contributed by atoms with Gasteiger partial charge in [-0.05, 0) is 55.3 Å². The molecule has 1 amide bonds. The van der Waals surface area contributed by atoms with Crippen LogP contribution in [0.4, 0.5) is 5.69 Å². The Morgan fingerprint density at radius 2 is 1.74 bits per heavy atom. The van der Waals surface area contributed by atoms with Crippen molar-refractivity contribution in [2.75, 3.05) is 18.2 Å². The number of methoxy groups -OCH3 is 1. The number of aryl methyl sites for hydroxylation is 1. The molecule has 0 atom stereocenters. The number of anilines is 1. The average molecular weight is 487 g/mol. The van der Waals surface area contributed by atoms with E-state index >= 15 is 0 Å². The highest BCUT2D eigenvalue weighted by molar-refractivity contribution is 7.99. The van der Waals surface area contributed by atoms with Crippen LogP contribution in [0.1, 0.15) is 22.8 Å². The van der Waals surface area contributed by atoms with Crippen LogP contribution in [-0.4, -0.2) is 39.3 Å². The fourth-order valence-corrected chi connectivity index (χ4v) is 4.34. The number of hydrogen-bond donors (Lipinski definition) is 1. The molecule has 4 aromatic rings. The summed E-state index contributed by atoms with van der Waals surface area (Å²) in [4.78, 5) is 24.2. The second-order valence-corrected chi connectivity index (χ2v) is 8.84. The summed E-state index contributed by atoms with van der Waals surface area (Å²) >= 11 is 1.33. The first kappa shape index (κ1) is 24.2. The molecule has 1 N–H and O–H groups in total. The first-order valence-corrected chi connectivity index (χ1v) is 12.2. The summed E-state index contributed by atoms with van der Waals surface area (Å²) in [6, 6.07) is 24.8. The maximum Gasteiger partial charge on any atom is 0.234 e. The Labute approximate surface area is 208 Å². The number of carbonyl (C=O) groups excluding carboxylic acids is 2. The zero-order valence-corrected chi connectivity index (χ0v) is 20.4. The summed E-state index contributed by atoms with van der Waals surface area (Å²) in [5.74, 6) is 1.44. The molecule has 0 aliphatic rings. The molecule has 4 rings (SSSR count). The van der Waals surface area contributed by atoms with Crippen molar-refractivity contribution in [2.45, 2.75) is 25.0 Å². The Bertz CT molecular complexity index is 1300. The summed E-state index contributed by atoms with van der Waals surface area (Å²) in [5.41, 5.74) is 3.28. The lowest BCUT2D eigenvalue weighted by Gasteiger charge is -2.11. The van der Waals surface area contributed by atoms with E-state index < -0.39 is 0 Å². The summed E-state index contributed by atoms with van der Waals surface area (Å²) < 4.78 is 7.31. The lowest BCUT2D eigenvalue weighted by molar-refractivity contribution is -0.113. The average Bonchev–Trinajstić information content (AvgIpc) is 3.29. The standard InChI is InChI=1S/C27H26N4O3S/c1-19(32)22-9-6-10-23(17-22)28-25(33)18-35-27-30-29-26(21-11-13-24(34-2)14-12-21)31(27)16-15-20-7-4-3-5-8-20/h3-14,17H,15-16,18H2,1-2H3,(H,28,33). The van der Waals surface area contributed by atoms with Crippen molar-refractivity contribution in [1.29, 1.82) is 0 Å². The highest BCUT2D eigenvalue weighted by Gasteiger charge is 2.16. The summed E-state index contributed by atoms with van der Waals surface area (Å²) in [5, 5.41) is 12.3. The van der Waals surface area contributed by atoms with Gasteiger partial charge in [0.25, 0.3) is 0 Å². The van der Waals surface area contributed by atoms with E-state index in [2.05, 4.69) is 27.6 Å². The number of benzene rings is 3. The number of carbonyl (C=O) groups is 2. The molecule has 0 saturated heterocycles. The van der Waals surface area contributed by atoms with E-state index in [1.807, 2.05) is 47.0 Å². The molecule has 35 heavy (non-hydrogen) atoms. The lowest BCUT2D eigenvalue weighted by atomic mass is 10.1. The van der Waals surface area contributed by atoms with E-state index in [4.69, 9.17) is 4.74 Å². The highest BCUT2D eigenvalue weighted by Crippen LogP contribution is 2.26. The van der Waals surface area contributed by atoms with Crippen LogP contribution in [0.5, 0.6) is 5.75 Å². The maximum absolute atomic E-state index is 12.6. The Kier molecular flexibility index (Phi) is 7.95. The van der Waals surface area contributed by atoms with Crippen LogP contribution in [-0.2, 0) is 17.8 Å². The third-order valence-corrected chi connectivity index (χ3v) is 6.38. The van der Waals surface area contributed by atoms with Gasteiger partial charge in [0.2, 0.25) is 5.91 Å². The molecular formula is C27H26N4O3S. The summed E-state index contributed by atoms with van der Waals surface area (Å²) in [6.07, 6.45) is 0.805. The summed E-state index contributed by atoms with van der Waals surface area (Å²) in [7, 11) is 1.63. The molecule has 0 aliphatic heterocycles. The first-order chi connectivity index (χ1) is 17.0. The predicted molar refractivity (Wildman–Crippen MR) is 138 cm³/mol. The lowest BCUT2D eigenvalue weighted by Crippen LogP contribution is -2.15. The van der Waals surface area contributed by atoms with Crippen LogP contribution in [0.15, 0.2) is 84.0 Å². The van der Waals surface area contributed by atoms with Crippen molar-refractivity contribution in [1.82, 2.24) is 14.8 Å². The Hall–Kier alpha value is -3.91. The van der Waals surface area contributed by atoms with E-state index in [9.17, 15) is 9.59 Å². The molecule has 0 radical (unpaired) electrons. The van der Waals surface area contributed by atoms with Crippen molar-refractivity contribution in [3.8, 4) is 17.1 Å². The Balaban J connectivity index is 1.50. The second kappa shape index (κ2) is 11.5. The normalized spacial score (nSPS) is 10.7. The van der Waals surface area contributed by atoms with Gasteiger partial charge in [0.15, 0.2) is 16.8 Å². The monoisotopic (exact) mass is 486 g/mol. The molecule has 1 heterocycles. The quantitative estimate of drug-likeness (QED) is 0.247. The zero-order valence-electron chi connectivity index (χ0n) is 19.6. The van der Waals surface area contributed by atoms with Gasteiger partial charge in [-0.2, -0.15) is 0 Å². The number of aromatic nitrogens is 3. The Morgan fingerprint density at radius 3 is 2.46 bits per heavy atom. The molecule has 0 aliphatic carbocycles. The number of ether oxygens (including phenoxy) is 1. The number of nitrogens with one attached hydrogen (secondary N) is 1. The third kappa shape index (κ3) is 6.36. The van der Waals surface area contributed by atoms with Crippen LogP contribution < -0.4 is 10.1 Å². The first-order valence-electron chi connectivity index (χ1n) is 11.2. The second-order valence-electron chi connectivity index (χ2n) is 7.90. The maximum atomic E-state index is 12.6. The van der Waals surface area contributed by atoms with Gasteiger partial charge < -0.3 is 14.6 Å². The SMILES string of the molecule is COc1ccc(-c2nnc(SCC(=O)Nc3cccc(C(C)=O)c3)n2CCc2ccccc2)cc1. The number of thioether (sulfide) groups is 1. The molecule has 0 bridgehead atoms. The van der Waals surface area contributed by atoms with Gasteiger partial charge in [-0.1, -0.05) is 54.2 Å². The van der Waals surface area contributed by atoms with Crippen LogP contribution >= 0.6 is 11.8 Å². The van der Waals surface area contributed by atoms with E-state index in [0.29, 0.717) is 23.0 Å². The minimum absolute atomic E-state index is 0.0481. The van der Waals surface area contributed by atoms with Crippen LogP contribution in [0, 0.1) is 0 Å². The van der Waals surface area contributed by atoms with Gasteiger partial charge in [0.05, 0.1) is 12.9 Å². The molecule has 1 aromatic heterocycles. The third-order valence-electron chi connectivity index (χ3n) is 5.42. The van der Waals surface area contributed by atoms with Crippen molar-refractivity contribution in [3.63, 3.8) is 0 Å². The fourth-order valence-electron chi connectivity index (χ4n) is 3.58. The zero-order chi connectivity index (χ0) is 24.6. The van der Waals surface area contributed by atoms with Crippen molar-refractivity contribution >= 4 is 29.1 Å². The molecule has 0 fully saturated rings. The molecule has 3 aromatic carbocycles. The largest absolute Gasteiger partial charge is 0.497 e. The smallest absolute Gasteiger partial charge is 0.234 e. The van der Waals surface area contributed by atoms with Crippen LogP contribution in [0.25, 0.3) is 11.4 Å². The van der Waals surface area contributed by atoms with Crippen molar-refractivity contribution < 1.29 is 14.3 Å². The van der Waals surface area contributed by atoms with Gasteiger partial charge in [-0.15, -0.1) is 10.2 Å². The number of Topliss-reactive ketones (excluding diaryl/α,β-unsaturated/α-hetero) is 1. The number of hydrogen-bond acceptors (Lipinski definition) is 6. The highest BCUT2D eigenvalue weighted by atomic mass is 32.2. The molecular weight excluding hydrogens is 460 g/mol. The molecule has 178 valence electrons. The van der Waals surface area contributed by atoms with Gasteiger partial charge in [-0.25, -0.2) is 0 Å². The minimum Gasteiger partial charge on any atom is -0.497 e. The molecule has 7 nitrogen and oxygen atoms in total. The number of amides is 1. The number of nitrogens with zero attached hydrogens (tertiary/aromatic N) is 3. The number of rotatable bonds is 10. The van der Waals surface area contributed by atoms with E-state index in [1.54, 1.807) is 31.4 Å². The van der Waals surface area contributed by atoms with E-state index in [1.165, 1.54) is 24.2 Å². The number of ketones is 1. The van der Waals surface area contributed by atoms with E-state index in [-0.39, 0.29) is 17.4 Å². The van der Waals surface area contributed by atoms with Crippen molar-refractivity contribution in [2.24, 2.45) is 0 Å². The topological polar surface area (TPSA) is 86.1 Å². The van der Waals surface area contributed by atoms with Gasteiger partial charge in [-0.3, -0.25) is 9.59 Å². The van der Waals surface area contributed by atoms with Crippen molar-refractivity contribution in [3.05, 3.63) is 90.0 Å². The summed E-state index contributed by atoms with van der Waals surface area (Å²) in [6.45, 7) is 2.17.